The van der Waals surface area contributed by atoms with Gasteiger partial charge in [0.15, 0.2) is 0 Å². The number of nitrogens with one attached hydrogen (secondary N) is 1. The second kappa shape index (κ2) is 5.01. The minimum absolute atomic E-state index is 0.0412. The highest BCUT2D eigenvalue weighted by Gasteiger charge is 2.07. The molecule has 3 N–H and O–H groups in total. The van der Waals surface area contributed by atoms with Crippen LogP contribution >= 0.6 is 11.3 Å². The highest BCUT2D eigenvalue weighted by Crippen LogP contribution is 2.16. The number of carbonyl (C=O) groups excluding carboxylic acids is 1. The van der Waals surface area contributed by atoms with Crippen LogP contribution in [0.2, 0.25) is 0 Å². The number of nitrogen functional groups attached to an aromatic ring is 1. The van der Waals surface area contributed by atoms with Crippen LogP contribution in [0, 0.1) is 5.82 Å². The van der Waals surface area contributed by atoms with Gasteiger partial charge in [0, 0.05) is 17.3 Å². The van der Waals surface area contributed by atoms with Gasteiger partial charge in [-0.1, -0.05) is 11.3 Å². The Balaban J connectivity index is 2.05. The Morgan fingerprint density at radius 3 is 2.89 bits per heavy atom. The summed E-state index contributed by atoms with van der Waals surface area (Å²) >= 11 is 1.01. The lowest BCUT2D eigenvalue weighted by molar-refractivity contribution is -0.116. The summed E-state index contributed by atoms with van der Waals surface area (Å²) in [6.45, 7) is -0.0837. The maximum atomic E-state index is 12.9. The summed E-state index contributed by atoms with van der Waals surface area (Å²) in [5, 5.41) is 4.14. The monoisotopic (exact) mass is 267 g/mol. The lowest BCUT2D eigenvalue weighted by Gasteiger charge is -2.06. The summed E-state index contributed by atoms with van der Waals surface area (Å²) in [5.74, 6) is -0.913. The summed E-state index contributed by atoms with van der Waals surface area (Å²) in [6, 6.07) is 3.89. The molecule has 0 saturated heterocycles. The van der Waals surface area contributed by atoms with Gasteiger partial charge in [-0.2, -0.15) is 0 Å². The lowest BCUT2D eigenvalue weighted by atomic mass is 10.2. The first-order valence-electron chi connectivity index (χ1n) is 5.05. The molecule has 7 heteroatoms. The van der Waals surface area contributed by atoms with E-state index in [0.29, 0.717) is 5.69 Å². The van der Waals surface area contributed by atoms with Gasteiger partial charge >= 0.3 is 4.87 Å². The number of benzene rings is 1. The van der Waals surface area contributed by atoms with Crippen LogP contribution in [0.1, 0.15) is 0 Å². The third-order valence-corrected chi connectivity index (χ3v) is 2.93. The van der Waals surface area contributed by atoms with Crippen LogP contribution in [-0.4, -0.2) is 10.5 Å². The zero-order valence-corrected chi connectivity index (χ0v) is 10.0. The molecule has 18 heavy (non-hydrogen) atoms. The predicted molar refractivity (Wildman–Crippen MR) is 68.0 cm³/mol. The number of anilines is 2. The molecule has 1 amide bonds. The van der Waals surface area contributed by atoms with Crippen molar-refractivity contribution in [2.24, 2.45) is 0 Å². The van der Waals surface area contributed by atoms with Crippen LogP contribution in [0.4, 0.5) is 15.8 Å². The van der Waals surface area contributed by atoms with Crippen molar-refractivity contribution < 1.29 is 9.18 Å². The number of rotatable bonds is 3. The third-order valence-electron chi connectivity index (χ3n) is 2.24. The number of halogens is 1. The minimum Gasteiger partial charge on any atom is -0.396 e. The van der Waals surface area contributed by atoms with Crippen molar-refractivity contribution >= 4 is 28.6 Å². The molecule has 0 aliphatic heterocycles. The van der Waals surface area contributed by atoms with Crippen molar-refractivity contribution in [2.75, 3.05) is 11.1 Å². The number of thiazole rings is 1. The first-order valence-corrected chi connectivity index (χ1v) is 5.93. The van der Waals surface area contributed by atoms with Crippen molar-refractivity contribution in [3.8, 4) is 0 Å². The maximum Gasteiger partial charge on any atom is 0.307 e. The second-order valence-electron chi connectivity index (χ2n) is 3.58. The van der Waals surface area contributed by atoms with Gasteiger partial charge in [-0.15, -0.1) is 0 Å². The Morgan fingerprint density at radius 2 is 2.28 bits per heavy atom. The molecule has 0 unspecified atom stereocenters. The van der Waals surface area contributed by atoms with Crippen molar-refractivity contribution in [1.82, 2.24) is 4.57 Å². The van der Waals surface area contributed by atoms with E-state index in [0.717, 1.165) is 11.3 Å². The van der Waals surface area contributed by atoms with Gasteiger partial charge in [0.25, 0.3) is 0 Å². The molecule has 2 aromatic rings. The van der Waals surface area contributed by atoms with E-state index in [9.17, 15) is 14.0 Å². The Kier molecular flexibility index (Phi) is 3.42. The van der Waals surface area contributed by atoms with E-state index in [-0.39, 0.29) is 23.0 Å². The quantitative estimate of drug-likeness (QED) is 0.822. The molecule has 1 aromatic heterocycles. The molecule has 0 atom stereocenters. The van der Waals surface area contributed by atoms with Crippen molar-refractivity contribution in [2.45, 2.75) is 6.54 Å². The predicted octanol–water partition coefficient (Wildman–Crippen LogP) is 1.27. The van der Waals surface area contributed by atoms with Gasteiger partial charge in [0.2, 0.25) is 5.91 Å². The summed E-state index contributed by atoms with van der Waals surface area (Å²) in [7, 11) is 0. The third kappa shape index (κ3) is 2.75. The Bertz CT molecular complexity index is 635. The van der Waals surface area contributed by atoms with Crippen LogP contribution < -0.4 is 15.9 Å². The Morgan fingerprint density at radius 1 is 1.50 bits per heavy atom. The summed E-state index contributed by atoms with van der Waals surface area (Å²) in [4.78, 5) is 22.7. The fourth-order valence-electron chi connectivity index (χ4n) is 1.38. The number of aromatic nitrogens is 1. The summed E-state index contributed by atoms with van der Waals surface area (Å²) in [5.41, 5.74) is 5.73. The molecule has 2 rings (SSSR count). The molecule has 0 aliphatic carbocycles. The van der Waals surface area contributed by atoms with Gasteiger partial charge in [0.1, 0.15) is 12.4 Å². The summed E-state index contributed by atoms with van der Waals surface area (Å²) < 4.78 is 14.2. The van der Waals surface area contributed by atoms with Gasteiger partial charge in [-0.05, 0) is 18.2 Å². The normalized spacial score (nSPS) is 10.3. The van der Waals surface area contributed by atoms with Gasteiger partial charge in [-0.3, -0.25) is 14.2 Å². The average Bonchev–Trinajstić information content (AvgIpc) is 2.70. The molecule has 1 heterocycles. The fraction of sp³-hybridized carbons (Fsp3) is 0.0909. The maximum absolute atomic E-state index is 12.9. The van der Waals surface area contributed by atoms with Crippen molar-refractivity contribution in [1.29, 1.82) is 0 Å². The van der Waals surface area contributed by atoms with E-state index in [2.05, 4.69) is 5.32 Å². The zero-order chi connectivity index (χ0) is 13.1. The average molecular weight is 267 g/mol. The van der Waals surface area contributed by atoms with Crippen molar-refractivity contribution in [3.63, 3.8) is 0 Å². The largest absolute Gasteiger partial charge is 0.396 e. The molecular formula is C11H10FN3O2S. The van der Waals surface area contributed by atoms with E-state index in [1.165, 1.54) is 29.0 Å². The Hall–Kier alpha value is -2.15. The highest BCUT2D eigenvalue weighted by molar-refractivity contribution is 7.07. The molecular weight excluding hydrogens is 257 g/mol. The number of hydrogen-bond donors (Lipinski definition) is 2. The van der Waals surface area contributed by atoms with Crippen LogP contribution in [-0.2, 0) is 11.3 Å². The Labute approximate surface area is 106 Å². The van der Waals surface area contributed by atoms with Crippen LogP contribution in [0.3, 0.4) is 0 Å². The molecule has 0 spiro atoms. The van der Waals surface area contributed by atoms with E-state index in [1.807, 2.05) is 0 Å². The lowest BCUT2D eigenvalue weighted by Crippen LogP contribution is -2.23. The summed E-state index contributed by atoms with van der Waals surface area (Å²) in [6.07, 6.45) is 1.53. The molecule has 94 valence electrons. The number of amides is 1. The topological polar surface area (TPSA) is 77.1 Å². The van der Waals surface area contributed by atoms with Gasteiger partial charge < -0.3 is 11.1 Å². The fourth-order valence-corrected chi connectivity index (χ4v) is 1.97. The van der Waals surface area contributed by atoms with E-state index in [1.54, 1.807) is 5.38 Å². The van der Waals surface area contributed by atoms with Crippen LogP contribution in [0.25, 0.3) is 0 Å². The van der Waals surface area contributed by atoms with Crippen molar-refractivity contribution in [3.05, 3.63) is 45.3 Å². The minimum atomic E-state index is -0.540. The first kappa shape index (κ1) is 12.3. The second-order valence-corrected chi connectivity index (χ2v) is 4.44. The van der Waals surface area contributed by atoms with E-state index in [4.69, 9.17) is 5.73 Å². The van der Waals surface area contributed by atoms with E-state index < -0.39 is 5.82 Å². The standard InChI is InChI=1S/C11H10FN3O2S/c12-8-2-1-7(5-9(8)13)14-10(16)6-15-3-4-18-11(15)17/h1-5H,6,13H2,(H,14,16). The molecule has 0 radical (unpaired) electrons. The number of hydrogen-bond acceptors (Lipinski definition) is 4. The van der Waals surface area contributed by atoms with E-state index >= 15 is 0 Å². The van der Waals surface area contributed by atoms with Gasteiger partial charge in [-0.25, -0.2) is 4.39 Å². The molecule has 0 fully saturated rings. The molecule has 0 saturated carbocycles. The number of nitrogens with two attached hydrogens (primary N) is 1. The SMILES string of the molecule is Nc1cc(NC(=O)Cn2ccsc2=O)ccc1F. The van der Waals surface area contributed by atoms with Crippen LogP contribution in [0.15, 0.2) is 34.6 Å². The number of carbonyl (C=O) groups is 1. The van der Waals surface area contributed by atoms with Crippen LogP contribution in [0.5, 0.6) is 0 Å². The highest BCUT2D eigenvalue weighted by atomic mass is 32.1. The zero-order valence-electron chi connectivity index (χ0n) is 9.22. The molecule has 0 aliphatic rings. The molecule has 0 bridgehead atoms. The number of nitrogens with zero attached hydrogens (tertiary/aromatic N) is 1. The smallest absolute Gasteiger partial charge is 0.307 e. The first-order chi connectivity index (χ1) is 8.56. The molecule has 5 nitrogen and oxygen atoms in total. The van der Waals surface area contributed by atoms with Gasteiger partial charge in [0.05, 0.1) is 5.69 Å². The molecule has 1 aromatic carbocycles.